The molecule has 4 aromatic rings. The van der Waals surface area contributed by atoms with Gasteiger partial charge >= 0.3 is 0 Å². The second kappa shape index (κ2) is 14.5. The number of anilines is 1. The lowest BCUT2D eigenvalue weighted by Gasteiger charge is -2.27. The smallest absolute Gasteiger partial charge is 0.264 e. The van der Waals surface area contributed by atoms with Gasteiger partial charge in [0.2, 0.25) is 5.69 Å². The van der Waals surface area contributed by atoms with Crippen LogP contribution in [0.3, 0.4) is 0 Å². The van der Waals surface area contributed by atoms with E-state index >= 15 is 0 Å². The second-order valence-corrected chi connectivity index (χ2v) is 13.4. The van der Waals surface area contributed by atoms with Crippen molar-refractivity contribution in [1.82, 2.24) is 5.43 Å². The molecule has 2 heterocycles. The van der Waals surface area contributed by atoms with Crippen molar-refractivity contribution in [1.29, 1.82) is 0 Å². The molecule has 2 aliphatic rings. The van der Waals surface area contributed by atoms with E-state index in [0.29, 0.717) is 6.42 Å². The fourth-order valence-electron chi connectivity index (χ4n) is 7.65. The molecule has 0 unspecified atom stereocenters. The number of nitrogens with one attached hydrogen (secondary N) is 1. The van der Waals surface area contributed by atoms with Crippen LogP contribution in [0.15, 0.2) is 109 Å². The van der Waals surface area contributed by atoms with Gasteiger partial charge in [0.1, 0.15) is 7.05 Å². The zero-order valence-corrected chi connectivity index (χ0v) is 29.6. The van der Waals surface area contributed by atoms with Crippen LogP contribution in [0.1, 0.15) is 64.5 Å². The van der Waals surface area contributed by atoms with E-state index in [1.807, 2.05) is 0 Å². The summed E-state index contributed by atoms with van der Waals surface area (Å²) in [6, 6.07) is 26.4. The molecule has 0 saturated heterocycles. The summed E-state index contributed by atoms with van der Waals surface area (Å²) in [7, 11) is 2.18. The van der Waals surface area contributed by atoms with Crippen molar-refractivity contribution in [3.05, 3.63) is 120 Å². The largest absolute Gasteiger partial charge is 1.00 e. The van der Waals surface area contributed by atoms with Gasteiger partial charge in [0.25, 0.3) is 5.91 Å². The van der Waals surface area contributed by atoms with Crippen LogP contribution in [-0.4, -0.2) is 29.8 Å². The van der Waals surface area contributed by atoms with E-state index < -0.39 is 0 Å². The first kappa shape index (κ1) is 35.9. The lowest BCUT2D eigenvalue weighted by Crippen LogP contribution is -3.00. The van der Waals surface area contributed by atoms with E-state index in [1.54, 1.807) is 0 Å². The van der Waals surface area contributed by atoms with Crippen molar-refractivity contribution in [2.45, 2.75) is 64.2 Å². The van der Waals surface area contributed by atoms with Gasteiger partial charge in [-0.3, -0.25) is 10.6 Å². The van der Waals surface area contributed by atoms with Gasteiger partial charge in [-0.1, -0.05) is 93.1 Å². The van der Waals surface area contributed by atoms with Gasteiger partial charge in [-0.05, 0) is 72.0 Å². The van der Waals surface area contributed by atoms with Crippen LogP contribution in [0, 0.1) is 0 Å². The number of fused-ring (bicyclic) bond motifs is 6. The van der Waals surface area contributed by atoms with Crippen molar-refractivity contribution in [3.63, 3.8) is 0 Å². The fraction of sp³-hybridized carbons (Fsp3) is 0.300. The Labute approximate surface area is 291 Å². The van der Waals surface area contributed by atoms with Gasteiger partial charge in [-0.15, -0.1) is 0 Å². The molecule has 2 aliphatic heterocycles. The maximum absolute atomic E-state index is 11.7. The number of halogens is 2. The summed E-state index contributed by atoms with van der Waals surface area (Å²) in [6.45, 7) is 10.3. The molecule has 4 N–H and O–H groups in total. The molecule has 6 rings (SSSR count). The molecule has 5 nitrogen and oxygen atoms in total. The topological polar surface area (TPSA) is 63.0 Å². The first-order valence-corrected chi connectivity index (χ1v) is 16.2. The van der Waals surface area contributed by atoms with Crippen LogP contribution in [0.25, 0.3) is 21.5 Å². The van der Waals surface area contributed by atoms with Gasteiger partial charge < -0.3 is 29.7 Å². The molecule has 47 heavy (non-hydrogen) atoms. The number of quaternary nitrogens is 1. The lowest BCUT2D eigenvalue weighted by molar-refractivity contribution is -0.427. The first-order valence-electron chi connectivity index (χ1n) is 16.2. The Morgan fingerprint density at radius 1 is 0.787 bits per heavy atom. The molecule has 1 amide bonds. The summed E-state index contributed by atoms with van der Waals surface area (Å²) in [6.07, 6.45) is 14.5. The van der Waals surface area contributed by atoms with Crippen molar-refractivity contribution in [3.8, 4) is 0 Å². The number of nitrogens with zero attached hydrogens (tertiary/aromatic N) is 2. The Bertz CT molecular complexity index is 1920. The van der Waals surface area contributed by atoms with Crippen LogP contribution in [0.5, 0.6) is 0 Å². The van der Waals surface area contributed by atoms with E-state index in [-0.39, 0.29) is 41.6 Å². The van der Waals surface area contributed by atoms with Crippen molar-refractivity contribution < 1.29 is 40.0 Å². The normalized spacial score (nSPS) is 17.0. The number of rotatable bonds is 9. The van der Waals surface area contributed by atoms with Crippen LogP contribution < -0.4 is 41.0 Å². The van der Waals surface area contributed by atoms with E-state index in [1.165, 1.54) is 55.5 Å². The Morgan fingerprint density at radius 3 is 2.11 bits per heavy atom. The molecule has 4 aromatic carbocycles. The molecule has 0 bridgehead atoms. The van der Waals surface area contributed by atoms with Gasteiger partial charge in [0.05, 0.1) is 5.41 Å². The number of carbonyl (C=O) groups excluding carboxylic acids is 1. The molecule has 7 heteroatoms. The molecule has 0 aromatic heterocycles. The number of amides is 1. The van der Waals surface area contributed by atoms with E-state index in [0.717, 1.165) is 25.8 Å². The molecular weight excluding hydrogens is 623 g/mol. The highest BCUT2D eigenvalue weighted by Gasteiger charge is 2.44. The lowest BCUT2D eigenvalue weighted by atomic mass is 9.79. The number of hydrogen-bond acceptors (Lipinski definition) is 2. The molecule has 0 fully saturated rings. The van der Waals surface area contributed by atoms with Gasteiger partial charge in [0, 0.05) is 47.5 Å². The minimum atomic E-state index is -0.150. The summed E-state index contributed by atoms with van der Waals surface area (Å²) in [5.41, 5.74) is 10.2. The molecule has 246 valence electrons. The minimum Gasteiger partial charge on any atom is -1.00 e. The quantitative estimate of drug-likeness (QED) is 0.123. The standard InChI is InChI=1S/C40H44N4O.2ClH/c1-39(2)34(43(5)32-25-23-28-16-11-13-18-30(28)37(32)39)20-8-6-9-21-35-40(3,4)38-31-19-14-12-17-29(31)24-26-33(38)44(35)27-15-7-10-22-36(45)42-41;;/h6,8-9,11-14,16-21,23-26H,7,10,15,22,27,41H2,1-5H3;2*1H. The number of carbonyl (C=O) groups is 1. The van der Waals surface area contributed by atoms with Crippen LogP contribution in [0.2, 0.25) is 0 Å². The zero-order valence-electron chi connectivity index (χ0n) is 28.1. The Morgan fingerprint density at radius 2 is 1.43 bits per heavy atom. The van der Waals surface area contributed by atoms with Crippen LogP contribution >= 0.6 is 0 Å². The van der Waals surface area contributed by atoms with Gasteiger partial charge in [-0.2, -0.15) is 4.58 Å². The highest BCUT2D eigenvalue weighted by atomic mass is 35.5. The van der Waals surface area contributed by atoms with Crippen LogP contribution in [-0.2, 0) is 15.6 Å². The Hall–Kier alpha value is -3.90. The predicted octanol–water partition coefficient (Wildman–Crippen LogP) is 1.63. The first-order chi connectivity index (χ1) is 21.7. The van der Waals surface area contributed by atoms with Crippen molar-refractivity contribution in [2.24, 2.45) is 0 Å². The van der Waals surface area contributed by atoms with Crippen molar-refractivity contribution >= 4 is 44.5 Å². The summed E-state index contributed by atoms with van der Waals surface area (Å²) < 4.78 is 2.34. The Balaban J connectivity index is 0.00000250. The maximum Gasteiger partial charge on any atom is 0.264 e. The summed E-state index contributed by atoms with van der Waals surface area (Å²) in [5, 5.41) is 5.21. The number of hydrogen-bond donors (Lipinski definition) is 2. The van der Waals surface area contributed by atoms with Gasteiger partial charge in [0.15, 0.2) is 5.71 Å². The molecule has 0 saturated carbocycles. The number of unbranched alkanes of at least 4 members (excludes halogenated alkanes) is 2. The Kier molecular flexibility index (Phi) is 11.1. The average molecular weight is 670 g/mol. The third kappa shape index (κ3) is 6.49. The summed E-state index contributed by atoms with van der Waals surface area (Å²) in [4.78, 5) is 14.2. The fourth-order valence-corrected chi connectivity index (χ4v) is 7.65. The molecule has 0 spiro atoms. The minimum absolute atomic E-state index is 0. The maximum atomic E-state index is 11.7. The van der Waals surface area contributed by atoms with Gasteiger partial charge in [-0.25, -0.2) is 5.43 Å². The van der Waals surface area contributed by atoms with E-state index in [4.69, 9.17) is 0 Å². The highest BCUT2D eigenvalue weighted by Crippen LogP contribution is 2.51. The average Bonchev–Trinajstić information content (AvgIpc) is 3.38. The van der Waals surface area contributed by atoms with Crippen LogP contribution in [0.4, 0.5) is 11.4 Å². The third-order valence-electron chi connectivity index (χ3n) is 9.86. The third-order valence-corrected chi connectivity index (χ3v) is 9.86. The second-order valence-electron chi connectivity index (χ2n) is 13.4. The summed E-state index contributed by atoms with van der Waals surface area (Å²) in [5.74, 6) is 3.50. The SMILES string of the molecule is C[N+]1=C(C=CC=CC=C2N(CCCCCC(=O)N[NH3+])c3ccc4ccccc4c3C2(C)C)C(C)(C)c2c1ccc1ccccc21.[Cl-].[Cl-]. The zero-order chi connectivity index (χ0) is 31.8. The molecule has 0 aliphatic carbocycles. The predicted molar refractivity (Wildman–Crippen MR) is 188 cm³/mol. The molecular formula is C40H46Cl2N4O. The molecule has 0 radical (unpaired) electrons. The number of allylic oxidation sites excluding steroid dienone is 6. The monoisotopic (exact) mass is 668 g/mol. The number of benzene rings is 4. The van der Waals surface area contributed by atoms with E-state index in [2.05, 4.69) is 159 Å². The highest BCUT2D eigenvalue weighted by molar-refractivity contribution is 6.07. The van der Waals surface area contributed by atoms with Crippen molar-refractivity contribution in [2.75, 3.05) is 18.5 Å². The van der Waals surface area contributed by atoms with E-state index in [9.17, 15) is 4.79 Å². The molecule has 0 atom stereocenters. The summed E-state index contributed by atoms with van der Waals surface area (Å²) >= 11 is 0.